The van der Waals surface area contributed by atoms with Gasteiger partial charge in [-0.05, 0) is 60.7 Å². The molecule has 2 unspecified atom stereocenters. The fourth-order valence-electron chi connectivity index (χ4n) is 4.36. The molecule has 35 heavy (non-hydrogen) atoms. The first kappa shape index (κ1) is 24.7. The molecule has 3 aromatic rings. The van der Waals surface area contributed by atoms with E-state index in [0.717, 1.165) is 28.0 Å². The number of aliphatic carboxylic acids is 1. The highest BCUT2D eigenvalue weighted by molar-refractivity contribution is 5.76. The Balaban J connectivity index is 1.40. The molecule has 2 atom stereocenters. The minimum Gasteiger partial charge on any atom is -0.491 e. The Hall–Kier alpha value is -3.41. The van der Waals surface area contributed by atoms with Crippen LogP contribution in [-0.4, -0.2) is 37.0 Å². The van der Waals surface area contributed by atoms with Gasteiger partial charge in [-0.15, -0.1) is 0 Å². The maximum absolute atomic E-state index is 11.3. The van der Waals surface area contributed by atoms with E-state index in [9.17, 15) is 9.90 Å². The van der Waals surface area contributed by atoms with Gasteiger partial charge in [-0.1, -0.05) is 71.8 Å². The third kappa shape index (κ3) is 6.18. The van der Waals surface area contributed by atoms with Gasteiger partial charge >= 0.3 is 5.97 Å². The van der Waals surface area contributed by atoms with Gasteiger partial charge in [0.05, 0.1) is 6.61 Å². The first-order valence-corrected chi connectivity index (χ1v) is 12.0. The fraction of sp³-hybridized carbons (Fsp3) is 0.300. The van der Waals surface area contributed by atoms with Crippen LogP contribution in [0, 0.1) is 13.8 Å². The molecule has 1 aliphatic carbocycles. The van der Waals surface area contributed by atoms with Crippen molar-refractivity contribution in [3.05, 3.63) is 99.6 Å². The van der Waals surface area contributed by atoms with Crippen molar-refractivity contribution in [3.63, 3.8) is 0 Å². The SMILES string of the molecule is CCOC(Cc1ccc(OCCOC2c3ccc(C)cc3C=Cc3ccc(C)cc32)cc1)C(=O)O. The van der Waals surface area contributed by atoms with E-state index >= 15 is 0 Å². The lowest BCUT2D eigenvalue weighted by molar-refractivity contribution is -0.149. The molecule has 5 heteroatoms. The zero-order chi connectivity index (χ0) is 24.8. The lowest BCUT2D eigenvalue weighted by atomic mass is 9.94. The quantitative estimate of drug-likeness (QED) is 0.367. The third-order valence-electron chi connectivity index (χ3n) is 6.12. The van der Waals surface area contributed by atoms with Crippen molar-refractivity contribution in [3.8, 4) is 5.75 Å². The molecule has 3 aromatic carbocycles. The predicted molar refractivity (Wildman–Crippen MR) is 138 cm³/mol. The predicted octanol–water partition coefficient (Wildman–Crippen LogP) is 6.00. The Labute approximate surface area is 207 Å². The second kappa shape index (κ2) is 11.3. The summed E-state index contributed by atoms with van der Waals surface area (Å²) < 4.78 is 17.6. The topological polar surface area (TPSA) is 65.0 Å². The summed E-state index contributed by atoms with van der Waals surface area (Å²) in [4.78, 5) is 11.3. The minimum absolute atomic E-state index is 0.173. The molecule has 0 fully saturated rings. The Morgan fingerprint density at radius 1 is 0.886 bits per heavy atom. The van der Waals surface area contributed by atoms with Crippen molar-refractivity contribution < 1.29 is 24.1 Å². The fourth-order valence-corrected chi connectivity index (χ4v) is 4.36. The maximum Gasteiger partial charge on any atom is 0.333 e. The van der Waals surface area contributed by atoms with Gasteiger partial charge in [-0.25, -0.2) is 4.79 Å². The van der Waals surface area contributed by atoms with Crippen LogP contribution in [-0.2, 0) is 20.7 Å². The number of benzene rings is 3. The normalized spacial score (nSPS) is 15.1. The number of rotatable bonds is 10. The van der Waals surface area contributed by atoms with E-state index < -0.39 is 12.1 Å². The molecule has 0 amide bonds. The van der Waals surface area contributed by atoms with E-state index in [1.165, 1.54) is 16.7 Å². The second-order valence-electron chi connectivity index (χ2n) is 8.83. The van der Waals surface area contributed by atoms with Crippen LogP contribution < -0.4 is 4.74 Å². The largest absolute Gasteiger partial charge is 0.491 e. The molecule has 0 aliphatic heterocycles. The number of carboxylic acids is 1. The molecule has 0 saturated carbocycles. The summed E-state index contributed by atoms with van der Waals surface area (Å²) >= 11 is 0. The number of carbonyl (C=O) groups is 1. The summed E-state index contributed by atoms with van der Waals surface area (Å²) in [5.74, 6) is -0.234. The molecule has 4 rings (SSSR count). The van der Waals surface area contributed by atoms with Crippen molar-refractivity contribution in [1.82, 2.24) is 0 Å². The summed E-state index contributed by atoms with van der Waals surface area (Å²) in [6.45, 7) is 7.19. The first-order valence-electron chi connectivity index (χ1n) is 12.0. The number of carboxylic acid groups (broad SMARTS) is 1. The van der Waals surface area contributed by atoms with E-state index in [4.69, 9.17) is 14.2 Å². The van der Waals surface area contributed by atoms with Crippen LogP contribution in [0.2, 0.25) is 0 Å². The van der Waals surface area contributed by atoms with E-state index in [1.54, 1.807) is 6.92 Å². The zero-order valence-electron chi connectivity index (χ0n) is 20.5. The van der Waals surface area contributed by atoms with Crippen LogP contribution in [0.25, 0.3) is 12.2 Å². The van der Waals surface area contributed by atoms with Crippen LogP contribution in [0.4, 0.5) is 0 Å². The zero-order valence-corrected chi connectivity index (χ0v) is 20.5. The van der Waals surface area contributed by atoms with Gasteiger partial charge < -0.3 is 19.3 Å². The number of hydrogen-bond acceptors (Lipinski definition) is 4. The molecular formula is C30H32O5. The molecule has 0 aromatic heterocycles. The first-order chi connectivity index (χ1) is 16.9. The van der Waals surface area contributed by atoms with Crippen LogP contribution in [0.1, 0.15) is 52.0 Å². The molecule has 1 N–H and O–H groups in total. The van der Waals surface area contributed by atoms with E-state index in [0.29, 0.717) is 26.2 Å². The van der Waals surface area contributed by atoms with Crippen molar-refractivity contribution in [2.45, 2.75) is 39.4 Å². The maximum atomic E-state index is 11.3. The highest BCUT2D eigenvalue weighted by Gasteiger charge is 2.23. The van der Waals surface area contributed by atoms with Crippen LogP contribution in [0.5, 0.6) is 5.75 Å². The number of hydrogen-bond donors (Lipinski definition) is 1. The van der Waals surface area contributed by atoms with Crippen LogP contribution >= 0.6 is 0 Å². The van der Waals surface area contributed by atoms with Gasteiger partial charge in [0.1, 0.15) is 18.5 Å². The highest BCUT2D eigenvalue weighted by atomic mass is 16.5. The average molecular weight is 473 g/mol. The Kier molecular flexibility index (Phi) is 8.01. The Morgan fingerprint density at radius 3 is 2.34 bits per heavy atom. The van der Waals surface area contributed by atoms with Crippen molar-refractivity contribution in [2.24, 2.45) is 0 Å². The Morgan fingerprint density at radius 2 is 1.60 bits per heavy atom. The lowest BCUT2D eigenvalue weighted by Gasteiger charge is -2.22. The van der Waals surface area contributed by atoms with Crippen molar-refractivity contribution in [1.29, 1.82) is 0 Å². The van der Waals surface area contributed by atoms with Crippen LogP contribution in [0.3, 0.4) is 0 Å². The molecule has 0 spiro atoms. The number of fused-ring (bicyclic) bond motifs is 2. The summed E-state index contributed by atoms with van der Waals surface area (Å²) in [6.07, 6.45) is 3.63. The summed E-state index contributed by atoms with van der Waals surface area (Å²) in [5.41, 5.74) is 7.96. The second-order valence-corrected chi connectivity index (χ2v) is 8.83. The molecule has 0 heterocycles. The van der Waals surface area contributed by atoms with E-state index in [2.05, 4.69) is 62.4 Å². The third-order valence-corrected chi connectivity index (χ3v) is 6.12. The standard InChI is InChI=1S/C30H32O5/c1-4-33-28(30(31)32)19-22-7-12-25(13-8-22)34-15-16-35-29-26-14-6-20(2)17-24(26)11-10-23-9-5-21(3)18-27(23)29/h5-14,17-18,28-29H,4,15-16,19H2,1-3H3,(H,31,32). The van der Waals surface area contributed by atoms with Gasteiger partial charge in [0.25, 0.3) is 0 Å². The van der Waals surface area contributed by atoms with Crippen LogP contribution in [0.15, 0.2) is 60.7 Å². The molecule has 5 nitrogen and oxygen atoms in total. The van der Waals surface area contributed by atoms with Gasteiger partial charge in [0.2, 0.25) is 0 Å². The molecule has 0 bridgehead atoms. The van der Waals surface area contributed by atoms with Gasteiger partial charge in [0, 0.05) is 13.0 Å². The summed E-state index contributed by atoms with van der Waals surface area (Å²) in [6, 6.07) is 20.4. The van der Waals surface area contributed by atoms with Crippen molar-refractivity contribution in [2.75, 3.05) is 19.8 Å². The molecule has 1 aliphatic rings. The highest BCUT2D eigenvalue weighted by Crippen LogP contribution is 2.36. The number of ether oxygens (including phenoxy) is 3. The van der Waals surface area contributed by atoms with E-state index in [-0.39, 0.29) is 6.10 Å². The summed E-state index contributed by atoms with van der Waals surface area (Å²) in [7, 11) is 0. The molecule has 0 saturated heterocycles. The van der Waals surface area contributed by atoms with Gasteiger partial charge in [0.15, 0.2) is 6.10 Å². The summed E-state index contributed by atoms with van der Waals surface area (Å²) in [5, 5.41) is 9.27. The van der Waals surface area contributed by atoms with Gasteiger partial charge in [-0.2, -0.15) is 0 Å². The smallest absolute Gasteiger partial charge is 0.333 e. The molecular weight excluding hydrogens is 440 g/mol. The van der Waals surface area contributed by atoms with Gasteiger partial charge in [-0.3, -0.25) is 0 Å². The van der Waals surface area contributed by atoms with E-state index in [1.807, 2.05) is 24.3 Å². The van der Waals surface area contributed by atoms with Crippen molar-refractivity contribution >= 4 is 18.1 Å². The lowest BCUT2D eigenvalue weighted by Crippen LogP contribution is -2.26. The molecule has 0 radical (unpaired) electrons. The molecule has 182 valence electrons. The number of aryl methyl sites for hydroxylation is 2. The Bertz CT molecular complexity index is 1200. The minimum atomic E-state index is -0.952. The monoisotopic (exact) mass is 472 g/mol. The average Bonchev–Trinajstić information content (AvgIpc) is 2.98.